The van der Waals surface area contributed by atoms with E-state index in [9.17, 15) is 4.79 Å². The predicted molar refractivity (Wildman–Crippen MR) is 101 cm³/mol. The third kappa shape index (κ3) is 3.52. The maximum Gasteiger partial charge on any atom is 0.143 e. The standard InChI is InChI=1S/C21H18N4O/c1-25-14-18(13-24-25)21-9-16-8-19(22-11-17(16)12-23-21)10-20(26)7-15-5-3-2-4-6-15/h2-6,8-9,11-14H,7,10H2,1H3. The van der Waals surface area contributed by atoms with Gasteiger partial charge in [0.2, 0.25) is 0 Å². The number of carbonyl (C=O) groups is 1. The van der Waals surface area contributed by atoms with Gasteiger partial charge < -0.3 is 0 Å². The van der Waals surface area contributed by atoms with Crippen molar-refractivity contribution in [2.75, 3.05) is 0 Å². The minimum absolute atomic E-state index is 0.157. The number of ketones is 1. The van der Waals surface area contributed by atoms with Gasteiger partial charge in [-0.3, -0.25) is 19.4 Å². The molecule has 0 N–H and O–H groups in total. The average Bonchev–Trinajstić information content (AvgIpc) is 3.08. The quantitative estimate of drug-likeness (QED) is 0.558. The van der Waals surface area contributed by atoms with E-state index < -0.39 is 0 Å². The van der Waals surface area contributed by atoms with Gasteiger partial charge in [-0.1, -0.05) is 30.3 Å². The van der Waals surface area contributed by atoms with E-state index in [4.69, 9.17) is 0 Å². The summed E-state index contributed by atoms with van der Waals surface area (Å²) in [5.41, 5.74) is 3.63. The van der Waals surface area contributed by atoms with Crippen molar-refractivity contribution in [2.45, 2.75) is 12.8 Å². The molecule has 4 aromatic rings. The monoisotopic (exact) mass is 342 g/mol. The number of aryl methyl sites for hydroxylation is 1. The number of Topliss-reactive ketones (excluding diaryl/α,β-unsaturated/α-hetero) is 1. The molecule has 0 fully saturated rings. The summed E-state index contributed by atoms with van der Waals surface area (Å²) in [4.78, 5) is 21.2. The van der Waals surface area contributed by atoms with Gasteiger partial charge in [-0.25, -0.2) is 0 Å². The van der Waals surface area contributed by atoms with E-state index >= 15 is 0 Å². The molecule has 0 bridgehead atoms. The molecule has 3 heterocycles. The van der Waals surface area contributed by atoms with Crippen molar-refractivity contribution in [3.63, 3.8) is 0 Å². The fourth-order valence-electron chi connectivity index (χ4n) is 2.98. The van der Waals surface area contributed by atoms with Gasteiger partial charge in [0.25, 0.3) is 0 Å². The van der Waals surface area contributed by atoms with Gasteiger partial charge in [-0.15, -0.1) is 0 Å². The second-order valence-electron chi connectivity index (χ2n) is 6.37. The molecule has 0 radical (unpaired) electrons. The van der Waals surface area contributed by atoms with Crippen molar-refractivity contribution < 1.29 is 4.79 Å². The number of rotatable bonds is 5. The van der Waals surface area contributed by atoms with Crippen molar-refractivity contribution >= 4 is 16.6 Å². The third-order valence-corrected chi connectivity index (χ3v) is 4.28. The lowest BCUT2D eigenvalue weighted by Gasteiger charge is -2.05. The first kappa shape index (κ1) is 16.1. The maximum absolute atomic E-state index is 12.3. The molecule has 0 amide bonds. The van der Waals surface area contributed by atoms with E-state index in [0.29, 0.717) is 12.8 Å². The van der Waals surface area contributed by atoms with Crippen LogP contribution in [-0.4, -0.2) is 25.5 Å². The van der Waals surface area contributed by atoms with Crippen LogP contribution in [0.15, 0.2) is 67.3 Å². The van der Waals surface area contributed by atoms with Gasteiger partial charge in [0.1, 0.15) is 5.78 Å². The molecule has 26 heavy (non-hydrogen) atoms. The molecule has 5 heteroatoms. The maximum atomic E-state index is 12.3. The zero-order chi connectivity index (χ0) is 17.9. The first-order valence-electron chi connectivity index (χ1n) is 8.47. The number of hydrogen-bond acceptors (Lipinski definition) is 4. The van der Waals surface area contributed by atoms with Crippen molar-refractivity contribution in [1.29, 1.82) is 0 Å². The Balaban J connectivity index is 1.57. The molecule has 0 atom stereocenters. The molecule has 0 aliphatic carbocycles. The van der Waals surface area contributed by atoms with Crippen LogP contribution in [-0.2, 0) is 24.7 Å². The number of hydrogen-bond donors (Lipinski definition) is 0. The molecule has 4 rings (SSSR count). The largest absolute Gasteiger partial charge is 0.299 e. The smallest absolute Gasteiger partial charge is 0.143 e. The molecule has 0 saturated heterocycles. The van der Waals surface area contributed by atoms with Crippen molar-refractivity contribution in [3.8, 4) is 11.3 Å². The number of aromatic nitrogens is 4. The van der Waals surface area contributed by atoms with Crippen LogP contribution in [0, 0.1) is 0 Å². The van der Waals surface area contributed by atoms with Gasteiger partial charge in [0.15, 0.2) is 0 Å². The molecule has 5 nitrogen and oxygen atoms in total. The Hall–Kier alpha value is -3.34. The first-order chi connectivity index (χ1) is 12.7. The first-order valence-corrected chi connectivity index (χ1v) is 8.47. The normalized spacial score (nSPS) is 11.0. The van der Waals surface area contributed by atoms with Crippen LogP contribution in [0.1, 0.15) is 11.3 Å². The van der Waals surface area contributed by atoms with E-state index in [1.165, 1.54) is 0 Å². The van der Waals surface area contributed by atoms with Crippen LogP contribution in [0.4, 0.5) is 0 Å². The van der Waals surface area contributed by atoms with Crippen LogP contribution in [0.2, 0.25) is 0 Å². The summed E-state index contributed by atoms with van der Waals surface area (Å²) in [5.74, 6) is 0.157. The molecular formula is C21H18N4O. The highest BCUT2D eigenvalue weighted by Crippen LogP contribution is 2.21. The summed E-state index contributed by atoms with van der Waals surface area (Å²) in [6, 6.07) is 13.8. The number of benzene rings is 1. The van der Waals surface area contributed by atoms with Crippen LogP contribution < -0.4 is 0 Å². The molecular weight excluding hydrogens is 324 g/mol. The van der Waals surface area contributed by atoms with E-state index in [1.807, 2.05) is 55.7 Å². The van der Waals surface area contributed by atoms with Gasteiger partial charge in [0.05, 0.1) is 11.9 Å². The minimum atomic E-state index is 0.157. The summed E-state index contributed by atoms with van der Waals surface area (Å²) in [5, 5.41) is 6.17. The third-order valence-electron chi connectivity index (χ3n) is 4.28. The van der Waals surface area contributed by atoms with Gasteiger partial charge in [0, 0.05) is 55.1 Å². The van der Waals surface area contributed by atoms with E-state index in [2.05, 4.69) is 15.1 Å². The van der Waals surface area contributed by atoms with Crippen molar-refractivity contribution in [3.05, 3.63) is 78.5 Å². The Morgan fingerprint density at radius 1 is 0.962 bits per heavy atom. The SMILES string of the molecule is Cn1cc(-c2cc3cc(CC(=O)Cc4ccccc4)ncc3cn2)cn1. The highest BCUT2D eigenvalue weighted by Gasteiger charge is 2.09. The predicted octanol–water partition coefficient (Wildman–Crippen LogP) is 3.38. The van der Waals surface area contributed by atoms with Gasteiger partial charge >= 0.3 is 0 Å². The zero-order valence-corrected chi connectivity index (χ0v) is 14.5. The summed E-state index contributed by atoms with van der Waals surface area (Å²) < 4.78 is 1.75. The lowest BCUT2D eigenvalue weighted by Crippen LogP contribution is -2.07. The van der Waals surface area contributed by atoms with Crippen LogP contribution in [0.25, 0.3) is 22.0 Å². The highest BCUT2D eigenvalue weighted by atomic mass is 16.1. The van der Waals surface area contributed by atoms with Crippen LogP contribution >= 0.6 is 0 Å². The molecule has 0 aliphatic heterocycles. The number of pyridine rings is 2. The van der Waals surface area contributed by atoms with E-state index in [0.717, 1.165) is 33.3 Å². The second kappa shape index (κ2) is 6.88. The second-order valence-corrected chi connectivity index (χ2v) is 6.37. The van der Waals surface area contributed by atoms with Crippen LogP contribution in [0.5, 0.6) is 0 Å². The Labute approximate surface area is 151 Å². The average molecular weight is 342 g/mol. The topological polar surface area (TPSA) is 60.7 Å². The van der Waals surface area contributed by atoms with Crippen molar-refractivity contribution in [2.24, 2.45) is 7.05 Å². The van der Waals surface area contributed by atoms with Crippen molar-refractivity contribution in [1.82, 2.24) is 19.7 Å². The summed E-state index contributed by atoms with van der Waals surface area (Å²) >= 11 is 0. The summed E-state index contributed by atoms with van der Waals surface area (Å²) in [7, 11) is 1.88. The summed E-state index contributed by atoms with van der Waals surface area (Å²) in [6.07, 6.45) is 8.06. The lowest BCUT2D eigenvalue weighted by atomic mass is 10.0. The lowest BCUT2D eigenvalue weighted by molar-refractivity contribution is -0.117. The Bertz CT molecular complexity index is 1070. The molecule has 0 saturated carbocycles. The molecule has 3 aromatic heterocycles. The zero-order valence-electron chi connectivity index (χ0n) is 14.5. The van der Waals surface area contributed by atoms with E-state index in [1.54, 1.807) is 23.3 Å². The molecule has 0 unspecified atom stereocenters. The molecule has 128 valence electrons. The van der Waals surface area contributed by atoms with Gasteiger partial charge in [-0.05, 0) is 23.1 Å². The Morgan fingerprint density at radius 2 is 1.77 bits per heavy atom. The fraction of sp³-hybridized carbons (Fsp3) is 0.143. The van der Waals surface area contributed by atoms with E-state index in [-0.39, 0.29) is 5.78 Å². The molecule has 0 aliphatic rings. The molecule has 0 spiro atoms. The fourth-order valence-corrected chi connectivity index (χ4v) is 2.98. The Morgan fingerprint density at radius 3 is 2.54 bits per heavy atom. The Kier molecular flexibility index (Phi) is 4.27. The van der Waals surface area contributed by atoms with Gasteiger partial charge in [-0.2, -0.15) is 5.10 Å². The van der Waals surface area contributed by atoms with Crippen LogP contribution in [0.3, 0.4) is 0 Å². The number of fused-ring (bicyclic) bond motifs is 1. The highest BCUT2D eigenvalue weighted by molar-refractivity contribution is 5.87. The summed E-state index contributed by atoms with van der Waals surface area (Å²) in [6.45, 7) is 0. The number of carbonyl (C=O) groups excluding carboxylic acids is 1. The molecule has 1 aromatic carbocycles. The number of nitrogens with zero attached hydrogens (tertiary/aromatic N) is 4. The minimum Gasteiger partial charge on any atom is -0.299 e.